The van der Waals surface area contributed by atoms with Gasteiger partial charge in [-0.15, -0.1) is 0 Å². The third kappa shape index (κ3) is 3.42. The van der Waals surface area contributed by atoms with Gasteiger partial charge in [0, 0.05) is 24.8 Å². The minimum Gasteiger partial charge on any atom is -0.454 e. The summed E-state index contributed by atoms with van der Waals surface area (Å²) in [5.74, 6) is 0.390. The van der Waals surface area contributed by atoms with E-state index in [1.807, 2.05) is 0 Å². The average Bonchev–Trinajstić information content (AvgIpc) is 3.13. The van der Waals surface area contributed by atoms with Crippen molar-refractivity contribution < 1.29 is 14.0 Å². The molecule has 1 aliphatic carbocycles. The molecule has 2 aliphatic rings. The van der Waals surface area contributed by atoms with Crippen molar-refractivity contribution in [2.45, 2.75) is 44.3 Å². The second-order valence-electron chi connectivity index (χ2n) is 6.87. The minimum absolute atomic E-state index is 0.0685. The molecule has 2 fully saturated rings. The number of pyridine rings is 1. The number of rotatable bonds is 5. The number of furan rings is 1. The Kier molecular flexibility index (Phi) is 4.36. The van der Waals surface area contributed by atoms with Gasteiger partial charge < -0.3 is 19.2 Å². The van der Waals surface area contributed by atoms with E-state index >= 15 is 0 Å². The second-order valence-corrected chi connectivity index (χ2v) is 6.87. The third-order valence-corrected chi connectivity index (χ3v) is 4.84. The molecule has 2 aromatic rings. The summed E-state index contributed by atoms with van der Waals surface area (Å²) >= 11 is 0. The van der Waals surface area contributed by atoms with Gasteiger partial charge in [-0.2, -0.15) is 0 Å². The van der Waals surface area contributed by atoms with Gasteiger partial charge in [-0.25, -0.2) is 0 Å². The average molecular weight is 355 g/mol. The molecule has 1 unspecified atom stereocenters. The molecule has 1 saturated heterocycles. The van der Waals surface area contributed by atoms with E-state index in [4.69, 9.17) is 4.42 Å². The number of carbonyl (C=O) groups excluding carboxylic acids is 2. The highest BCUT2D eigenvalue weighted by atomic mass is 16.4. The van der Waals surface area contributed by atoms with Crippen LogP contribution in [0.1, 0.15) is 42.0 Å². The van der Waals surface area contributed by atoms with Gasteiger partial charge in [0.05, 0.1) is 6.54 Å². The van der Waals surface area contributed by atoms with Crippen LogP contribution in [-0.2, 0) is 11.3 Å². The van der Waals surface area contributed by atoms with Crippen LogP contribution in [0.4, 0.5) is 0 Å². The zero-order valence-corrected chi connectivity index (χ0v) is 14.4. The Labute approximate surface area is 150 Å². The van der Waals surface area contributed by atoms with E-state index < -0.39 is 6.04 Å². The zero-order valence-electron chi connectivity index (χ0n) is 14.4. The van der Waals surface area contributed by atoms with Crippen molar-refractivity contribution in [3.05, 3.63) is 58.4 Å². The molecule has 0 spiro atoms. The summed E-state index contributed by atoms with van der Waals surface area (Å²) in [6.45, 7) is 0.814. The van der Waals surface area contributed by atoms with Crippen molar-refractivity contribution in [1.82, 2.24) is 14.8 Å². The fraction of sp³-hybridized carbons (Fsp3) is 0.421. The Morgan fingerprint density at radius 1 is 1.15 bits per heavy atom. The van der Waals surface area contributed by atoms with Gasteiger partial charge in [-0.05, 0) is 43.9 Å². The molecule has 0 bridgehead atoms. The lowest BCUT2D eigenvalue weighted by Crippen LogP contribution is -2.46. The minimum atomic E-state index is -0.423. The predicted octanol–water partition coefficient (Wildman–Crippen LogP) is 1.37. The number of nitrogens with one attached hydrogen (secondary N) is 1. The van der Waals surface area contributed by atoms with Crippen LogP contribution in [0.5, 0.6) is 0 Å². The van der Waals surface area contributed by atoms with Crippen molar-refractivity contribution in [1.29, 1.82) is 0 Å². The standard InChI is InChI=1S/C19H21N3O4/c23-17-5-1-2-10-21(17)12-14-8-9-16(26-14)19(25)22-11-3-4-15(22)18(24)20-13-6-7-13/h1-2,5,8-10,13,15H,3-4,6-7,11-12H2,(H,20,24). The largest absolute Gasteiger partial charge is 0.454 e. The smallest absolute Gasteiger partial charge is 0.290 e. The highest BCUT2D eigenvalue weighted by Crippen LogP contribution is 2.24. The summed E-state index contributed by atoms with van der Waals surface area (Å²) in [5, 5.41) is 2.97. The molecule has 1 atom stereocenters. The Hall–Kier alpha value is -2.83. The zero-order chi connectivity index (χ0) is 18.1. The summed E-state index contributed by atoms with van der Waals surface area (Å²) in [6, 6.07) is 8.08. The molecule has 3 heterocycles. The highest BCUT2D eigenvalue weighted by Gasteiger charge is 2.37. The maximum atomic E-state index is 12.8. The fourth-order valence-corrected chi connectivity index (χ4v) is 3.29. The van der Waals surface area contributed by atoms with Crippen LogP contribution in [0.25, 0.3) is 0 Å². The monoisotopic (exact) mass is 355 g/mol. The number of hydrogen-bond acceptors (Lipinski definition) is 4. The van der Waals surface area contributed by atoms with E-state index in [0.29, 0.717) is 18.7 Å². The Balaban J connectivity index is 1.46. The number of aromatic nitrogens is 1. The lowest BCUT2D eigenvalue weighted by Gasteiger charge is -2.23. The SMILES string of the molecule is O=C(NC1CC1)C1CCCN1C(=O)c1ccc(Cn2ccccc2=O)o1. The quantitative estimate of drug-likeness (QED) is 0.878. The number of carbonyl (C=O) groups is 2. The topological polar surface area (TPSA) is 84.5 Å². The molecule has 7 nitrogen and oxygen atoms in total. The lowest BCUT2D eigenvalue weighted by molar-refractivity contribution is -0.125. The molecular formula is C19H21N3O4. The van der Waals surface area contributed by atoms with E-state index in [9.17, 15) is 14.4 Å². The molecule has 4 rings (SSSR count). The van der Waals surface area contributed by atoms with Crippen molar-refractivity contribution in [3.63, 3.8) is 0 Å². The molecule has 2 amide bonds. The first-order valence-electron chi connectivity index (χ1n) is 8.97. The van der Waals surface area contributed by atoms with Gasteiger partial charge in [-0.3, -0.25) is 14.4 Å². The van der Waals surface area contributed by atoms with Crippen LogP contribution in [0.15, 0.2) is 45.7 Å². The first kappa shape index (κ1) is 16.6. The van der Waals surface area contributed by atoms with E-state index in [1.165, 1.54) is 10.6 Å². The molecule has 26 heavy (non-hydrogen) atoms. The predicted molar refractivity (Wildman–Crippen MR) is 93.7 cm³/mol. The van der Waals surface area contributed by atoms with Crippen molar-refractivity contribution in [3.8, 4) is 0 Å². The summed E-state index contributed by atoms with van der Waals surface area (Å²) in [4.78, 5) is 38.5. The van der Waals surface area contributed by atoms with Crippen LogP contribution in [0, 0.1) is 0 Å². The van der Waals surface area contributed by atoms with Crippen LogP contribution in [0.2, 0.25) is 0 Å². The first-order chi connectivity index (χ1) is 12.6. The van der Waals surface area contributed by atoms with E-state index in [2.05, 4.69) is 5.32 Å². The van der Waals surface area contributed by atoms with Crippen molar-refractivity contribution in [2.24, 2.45) is 0 Å². The Morgan fingerprint density at radius 2 is 2.00 bits per heavy atom. The molecule has 2 aromatic heterocycles. The Bertz CT molecular complexity index is 881. The van der Waals surface area contributed by atoms with Crippen molar-refractivity contribution in [2.75, 3.05) is 6.54 Å². The Morgan fingerprint density at radius 3 is 2.77 bits per heavy atom. The number of hydrogen-bond donors (Lipinski definition) is 1. The molecule has 1 saturated carbocycles. The van der Waals surface area contributed by atoms with Crippen LogP contribution in [0.3, 0.4) is 0 Å². The van der Waals surface area contributed by atoms with Gasteiger partial charge in [0.25, 0.3) is 11.5 Å². The maximum absolute atomic E-state index is 12.8. The summed E-state index contributed by atoms with van der Waals surface area (Å²) in [5.41, 5.74) is -0.131. The molecule has 0 aromatic carbocycles. The van der Waals surface area contributed by atoms with Crippen LogP contribution < -0.4 is 10.9 Å². The summed E-state index contributed by atoms with van der Waals surface area (Å²) in [7, 11) is 0. The maximum Gasteiger partial charge on any atom is 0.290 e. The molecule has 1 aliphatic heterocycles. The summed E-state index contributed by atoms with van der Waals surface area (Å²) < 4.78 is 7.16. The second kappa shape index (κ2) is 6.82. The van der Waals surface area contributed by atoms with Crippen molar-refractivity contribution >= 4 is 11.8 Å². The van der Waals surface area contributed by atoms with Gasteiger partial charge in [-0.1, -0.05) is 6.07 Å². The molecule has 1 N–H and O–H groups in total. The van der Waals surface area contributed by atoms with E-state index in [0.717, 1.165) is 19.3 Å². The fourth-order valence-electron chi connectivity index (χ4n) is 3.29. The normalized spacial score (nSPS) is 19.5. The van der Waals surface area contributed by atoms with Gasteiger partial charge in [0.2, 0.25) is 5.91 Å². The number of nitrogens with zero attached hydrogens (tertiary/aromatic N) is 2. The van der Waals surface area contributed by atoms with E-state index in [-0.39, 0.29) is 35.7 Å². The summed E-state index contributed by atoms with van der Waals surface area (Å²) in [6.07, 6.45) is 5.20. The molecular weight excluding hydrogens is 334 g/mol. The van der Waals surface area contributed by atoms with E-state index in [1.54, 1.807) is 35.4 Å². The molecule has 136 valence electrons. The first-order valence-corrected chi connectivity index (χ1v) is 8.97. The van der Waals surface area contributed by atoms with Gasteiger partial charge in [0.1, 0.15) is 11.8 Å². The molecule has 0 radical (unpaired) electrons. The van der Waals surface area contributed by atoms with Gasteiger partial charge >= 0.3 is 0 Å². The number of likely N-dealkylation sites (tertiary alicyclic amines) is 1. The highest BCUT2D eigenvalue weighted by molar-refractivity contribution is 5.96. The van der Waals surface area contributed by atoms with Crippen LogP contribution >= 0.6 is 0 Å². The molecule has 7 heteroatoms. The number of amides is 2. The van der Waals surface area contributed by atoms with Gasteiger partial charge in [0.15, 0.2) is 5.76 Å². The van der Waals surface area contributed by atoms with Crippen LogP contribution in [-0.4, -0.2) is 39.9 Å². The third-order valence-electron chi connectivity index (χ3n) is 4.84. The lowest BCUT2D eigenvalue weighted by atomic mass is 10.2.